The summed E-state index contributed by atoms with van der Waals surface area (Å²) >= 11 is 9.53. The van der Waals surface area contributed by atoms with Crippen molar-refractivity contribution in [1.82, 2.24) is 4.90 Å². The van der Waals surface area contributed by atoms with Gasteiger partial charge in [0.1, 0.15) is 5.58 Å². The molecule has 9 heteroatoms. The molecule has 2 N–H and O–H groups in total. The maximum Gasteiger partial charge on any atom is 0.290 e. The minimum atomic E-state index is -0.777. The zero-order chi connectivity index (χ0) is 22.4. The summed E-state index contributed by atoms with van der Waals surface area (Å²) in [6, 6.07) is 5.61. The Bertz CT molecular complexity index is 1270. The number of aliphatic hydroxyl groups excluding tert-OH is 1. The molecule has 1 amide bonds. The highest BCUT2D eigenvalue weighted by atomic mass is 79.9. The summed E-state index contributed by atoms with van der Waals surface area (Å²) in [5.41, 5.74) is 1.40. The van der Waals surface area contributed by atoms with Crippen molar-refractivity contribution >= 4 is 44.4 Å². The van der Waals surface area contributed by atoms with Crippen LogP contribution in [0, 0.1) is 6.92 Å². The quantitative estimate of drug-likeness (QED) is 0.537. The van der Waals surface area contributed by atoms with E-state index >= 15 is 0 Å². The van der Waals surface area contributed by atoms with Crippen LogP contribution in [0.2, 0.25) is 5.02 Å². The molecule has 1 atom stereocenters. The Labute approximate surface area is 190 Å². The standard InChI is InChI=1S/C22H19BrClNO6/c1-10-6-15-12(9-14(10)24)19(27)17-18(11-7-13(23)20(28)16(8-11)30-2)25(4-3-5-26)22(29)21(17)31-15/h6-9,18,26,28H,3-5H2,1-2H3/t18-/m1/s1. The fourth-order valence-corrected chi connectivity index (χ4v) is 4.49. The van der Waals surface area contributed by atoms with Crippen LogP contribution in [0.3, 0.4) is 0 Å². The molecule has 162 valence electrons. The highest BCUT2D eigenvalue weighted by Crippen LogP contribution is 2.43. The predicted octanol–water partition coefficient (Wildman–Crippen LogP) is 4.16. The van der Waals surface area contributed by atoms with Gasteiger partial charge in [-0.25, -0.2) is 0 Å². The number of amides is 1. The van der Waals surface area contributed by atoms with Crippen LogP contribution in [0.25, 0.3) is 11.0 Å². The molecule has 0 spiro atoms. The van der Waals surface area contributed by atoms with E-state index in [1.165, 1.54) is 12.0 Å². The van der Waals surface area contributed by atoms with Crippen LogP contribution >= 0.6 is 27.5 Å². The molecule has 0 aliphatic carbocycles. The van der Waals surface area contributed by atoms with Crippen molar-refractivity contribution in [3.63, 3.8) is 0 Å². The first kappa shape index (κ1) is 21.7. The molecule has 7 nitrogen and oxygen atoms in total. The summed E-state index contributed by atoms with van der Waals surface area (Å²) in [6.45, 7) is 1.88. The Morgan fingerprint density at radius 1 is 1.26 bits per heavy atom. The van der Waals surface area contributed by atoms with E-state index in [9.17, 15) is 19.8 Å². The third kappa shape index (κ3) is 3.48. The van der Waals surface area contributed by atoms with E-state index in [-0.39, 0.29) is 52.4 Å². The van der Waals surface area contributed by atoms with Crippen molar-refractivity contribution in [2.45, 2.75) is 19.4 Å². The van der Waals surface area contributed by atoms with Crippen LogP contribution in [0.4, 0.5) is 0 Å². The van der Waals surface area contributed by atoms with Gasteiger partial charge < -0.3 is 24.3 Å². The Morgan fingerprint density at radius 2 is 2.00 bits per heavy atom. The number of fused-ring (bicyclic) bond motifs is 2. The number of ether oxygens (including phenoxy) is 1. The lowest BCUT2D eigenvalue weighted by Crippen LogP contribution is -2.31. The first-order chi connectivity index (χ1) is 14.8. The van der Waals surface area contributed by atoms with Gasteiger partial charge in [0.15, 0.2) is 16.9 Å². The van der Waals surface area contributed by atoms with Crippen molar-refractivity contribution in [2.24, 2.45) is 0 Å². The molecule has 3 aromatic rings. The molecule has 4 rings (SSSR count). The van der Waals surface area contributed by atoms with Crippen molar-refractivity contribution in [3.05, 3.63) is 66.4 Å². The second-order valence-corrected chi connectivity index (χ2v) is 8.56. The molecular formula is C22H19BrClNO6. The summed E-state index contributed by atoms with van der Waals surface area (Å²) in [4.78, 5) is 28.2. The summed E-state index contributed by atoms with van der Waals surface area (Å²) in [5, 5.41) is 20.2. The monoisotopic (exact) mass is 507 g/mol. The molecule has 0 saturated carbocycles. The minimum absolute atomic E-state index is 0.0367. The normalized spacial score (nSPS) is 15.6. The lowest BCUT2D eigenvalue weighted by Gasteiger charge is -2.25. The first-order valence-electron chi connectivity index (χ1n) is 9.53. The van der Waals surface area contributed by atoms with E-state index < -0.39 is 11.9 Å². The molecular weight excluding hydrogens is 490 g/mol. The van der Waals surface area contributed by atoms with E-state index in [0.717, 1.165) is 5.56 Å². The SMILES string of the molecule is COc1cc([C@@H]2c3c(oc4cc(C)c(Cl)cc4c3=O)C(=O)N2CCCO)cc(Br)c1O. The fourth-order valence-electron chi connectivity index (χ4n) is 3.87. The third-order valence-corrected chi connectivity index (χ3v) is 6.40. The lowest BCUT2D eigenvalue weighted by molar-refractivity contribution is 0.0716. The van der Waals surface area contributed by atoms with E-state index in [1.54, 1.807) is 31.2 Å². The van der Waals surface area contributed by atoms with E-state index in [4.69, 9.17) is 20.8 Å². The molecule has 31 heavy (non-hydrogen) atoms. The van der Waals surface area contributed by atoms with Gasteiger partial charge >= 0.3 is 0 Å². The number of carbonyl (C=O) groups is 1. The molecule has 2 heterocycles. The maximum atomic E-state index is 13.5. The fraction of sp³-hybridized carbons (Fsp3) is 0.273. The van der Waals surface area contributed by atoms with E-state index in [2.05, 4.69) is 15.9 Å². The molecule has 0 unspecified atom stereocenters. The van der Waals surface area contributed by atoms with Gasteiger partial charge in [-0.3, -0.25) is 9.59 Å². The average Bonchev–Trinajstić information content (AvgIpc) is 3.02. The number of halogens is 2. The molecule has 0 radical (unpaired) electrons. The largest absolute Gasteiger partial charge is 0.503 e. The predicted molar refractivity (Wildman–Crippen MR) is 119 cm³/mol. The summed E-state index contributed by atoms with van der Waals surface area (Å²) in [5.74, 6) is -0.379. The van der Waals surface area contributed by atoms with Gasteiger partial charge in [0.2, 0.25) is 5.76 Å². The second-order valence-electron chi connectivity index (χ2n) is 7.30. The molecule has 2 aromatic carbocycles. The molecule has 0 bridgehead atoms. The van der Waals surface area contributed by atoms with Gasteiger partial charge in [-0.2, -0.15) is 0 Å². The van der Waals surface area contributed by atoms with Gasteiger partial charge in [0.05, 0.1) is 28.6 Å². The maximum absolute atomic E-state index is 13.5. The lowest BCUT2D eigenvalue weighted by atomic mass is 9.97. The van der Waals surface area contributed by atoms with Gasteiger partial charge in [-0.1, -0.05) is 11.6 Å². The Balaban J connectivity index is 2.01. The number of phenolic OH excluding ortho intramolecular Hbond substituents is 1. The van der Waals surface area contributed by atoms with Crippen molar-refractivity contribution in [3.8, 4) is 11.5 Å². The number of aliphatic hydroxyl groups is 1. The van der Waals surface area contributed by atoms with E-state index in [1.807, 2.05) is 0 Å². The second kappa shape index (κ2) is 8.18. The molecule has 0 saturated heterocycles. The molecule has 1 aliphatic rings. The number of aryl methyl sites for hydroxylation is 1. The number of carbonyl (C=O) groups excluding carboxylic acids is 1. The van der Waals surface area contributed by atoms with Crippen molar-refractivity contribution in [2.75, 3.05) is 20.3 Å². The van der Waals surface area contributed by atoms with Crippen LogP contribution in [0.5, 0.6) is 11.5 Å². The number of rotatable bonds is 5. The van der Waals surface area contributed by atoms with Gasteiger partial charge in [0.25, 0.3) is 5.91 Å². The highest BCUT2D eigenvalue weighted by molar-refractivity contribution is 9.10. The number of hydrogen-bond donors (Lipinski definition) is 2. The number of hydrogen-bond acceptors (Lipinski definition) is 6. The van der Waals surface area contributed by atoms with Crippen LogP contribution in [-0.2, 0) is 0 Å². The number of aromatic hydroxyl groups is 1. The highest BCUT2D eigenvalue weighted by Gasteiger charge is 2.43. The van der Waals surface area contributed by atoms with Gasteiger partial charge in [-0.15, -0.1) is 0 Å². The van der Waals surface area contributed by atoms with Crippen LogP contribution < -0.4 is 10.2 Å². The van der Waals surface area contributed by atoms with Crippen LogP contribution in [-0.4, -0.2) is 41.3 Å². The number of phenols is 1. The molecule has 1 aliphatic heterocycles. The van der Waals surface area contributed by atoms with E-state index in [0.29, 0.717) is 21.5 Å². The topological polar surface area (TPSA) is 100 Å². The Kier molecular flexibility index (Phi) is 5.72. The van der Waals surface area contributed by atoms with Crippen LogP contribution in [0.15, 0.2) is 37.9 Å². The van der Waals surface area contributed by atoms with Gasteiger partial charge in [-0.05, 0) is 64.7 Å². The third-order valence-electron chi connectivity index (χ3n) is 5.39. The summed E-state index contributed by atoms with van der Waals surface area (Å²) in [6.07, 6.45) is 0.325. The average molecular weight is 509 g/mol. The first-order valence-corrected chi connectivity index (χ1v) is 10.7. The zero-order valence-electron chi connectivity index (χ0n) is 16.7. The molecule has 1 aromatic heterocycles. The Hall–Kier alpha value is -2.55. The van der Waals surface area contributed by atoms with Gasteiger partial charge in [0, 0.05) is 18.2 Å². The number of nitrogens with zero attached hydrogens (tertiary/aromatic N) is 1. The number of methoxy groups -OCH3 is 1. The zero-order valence-corrected chi connectivity index (χ0v) is 19.1. The summed E-state index contributed by atoms with van der Waals surface area (Å²) in [7, 11) is 1.41. The Morgan fingerprint density at radius 3 is 2.68 bits per heavy atom. The summed E-state index contributed by atoms with van der Waals surface area (Å²) < 4.78 is 11.5. The van der Waals surface area contributed by atoms with Crippen LogP contribution in [0.1, 0.15) is 39.7 Å². The number of benzene rings is 2. The smallest absolute Gasteiger partial charge is 0.290 e. The van der Waals surface area contributed by atoms with Crippen molar-refractivity contribution in [1.29, 1.82) is 0 Å². The molecule has 0 fully saturated rings. The van der Waals surface area contributed by atoms with Crippen molar-refractivity contribution < 1.29 is 24.2 Å². The minimum Gasteiger partial charge on any atom is -0.503 e.